The van der Waals surface area contributed by atoms with Crippen molar-refractivity contribution in [3.63, 3.8) is 0 Å². The summed E-state index contributed by atoms with van der Waals surface area (Å²) >= 11 is 9.30. The Morgan fingerprint density at radius 1 is 1.47 bits per heavy atom. The predicted molar refractivity (Wildman–Crippen MR) is 73.5 cm³/mol. The molecule has 3 heterocycles. The van der Waals surface area contributed by atoms with Gasteiger partial charge in [0.1, 0.15) is 11.3 Å². The highest BCUT2D eigenvalue weighted by Gasteiger charge is 2.58. The molecule has 1 unspecified atom stereocenters. The molecule has 7 heteroatoms. The maximum atomic E-state index is 12.4. The summed E-state index contributed by atoms with van der Waals surface area (Å²) in [6, 6.07) is 1.46. The SMILES string of the molecule is CC1(C)OCCC12NC(=O)c1c(Cl)cc(Br)c(=O)n12. The number of rotatable bonds is 0. The Hall–Kier alpha value is -0.850. The molecule has 5 nitrogen and oxygen atoms in total. The molecule has 0 saturated carbocycles. The number of carbonyl (C=O) groups is 1. The minimum absolute atomic E-state index is 0.202. The summed E-state index contributed by atoms with van der Waals surface area (Å²) in [5, 5.41) is 3.14. The monoisotopic (exact) mass is 346 g/mol. The van der Waals surface area contributed by atoms with E-state index in [4.69, 9.17) is 16.3 Å². The fourth-order valence-electron chi connectivity index (χ4n) is 2.90. The van der Waals surface area contributed by atoms with E-state index in [1.165, 1.54) is 10.6 Å². The number of halogens is 2. The molecule has 1 aromatic rings. The van der Waals surface area contributed by atoms with Gasteiger partial charge in [-0.3, -0.25) is 14.2 Å². The number of nitrogens with one attached hydrogen (secondary N) is 1. The highest BCUT2D eigenvalue weighted by Crippen LogP contribution is 2.43. The van der Waals surface area contributed by atoms with Gasteiger partial charge in [0.15, 0.2) is 5.66 Å². The van der Waals surface area contributed by atoms with Gasteiger partial charge in [-0.25, -0.2) is 0 Å². The average molecular weight is 348 g/mol. The van der Waals surface area contributed by atoms with Crippen LogP contribution in [0.25, 0.3) is 0 Å². The molecule has 2 aliphatic heterocycles. The quantitative estimate of drug-likeness (QED) is 0.779. The summed E-state index contributed by atoms with van der Waals surface area (Å²) in [7, 11) is 0. The predicted octanol–water partition coefficient (Wildman–Crippen LogP) is 1.86. The normalized spacial score (nSPS) is 27.7. The highest BCUT2D eigenvalue weighted by molar-refractivity contribution is 9.10. The van der Waals surface area contributed by atoms with Crippen LogP contribution in [0.15, 0.2) is 15.3 Å². The van der Waals surface area contributed by atoms with Crippen LogP contribution in [0.3, 0.4) is 0 Å². The van der Waals surface area contributed by atoms with Crippen LogP contribution < -0.4 is 10.9 Å². The lowest BCUT2D eigenvalue weighted by molar-refractivity contribution is -0.0336. The molecule has 0 aliphatic carbocycles. The molecule has 3 rings (SSSR count). The van der Waals surface area contributed by atoms with Gasteiger partial charge in [0.25, 0.3) is 11.5 Å². The molecule has 0 radical (unpaired) electrons. The fraction of sp³-hybridized carbons (Fsp3) is 0.500. The molecule has 1 aromatic heterocycles. The topological polar surface area (TPSA) is 60.3 Å². The molecular weight excluding hydrogens is 336 g/mol. The first-order valence-corrected chi connectivity index (χ1v) is 7.05. The number of hydrogen-bond acceptors (Lipinski definition) is 3. The van der Waals surface area contributed by atoms with E-state index in [2.05, 4.69) is 21.2 Å². The number of hydrogen-bond donors (Lipinski definition) is 1. The van der Waals surface area contributed by atoms with Gasteiger partial charge in [-0.2, -0.15) is 0 Å². The van der Waals surface area contributed by atoms with Crippen LogP contribution in [0.1, 0.15) is 30.8 Å². The molecule has 0 aromatic carbocycles. The van der Waals surface area contributed by atoms with Crippen molar-refractivity contribution < 1.29 is 9.53 Å². The van der Waals surface area contributed by atoms with Gasteiger partial charge in [-0.05, 0) is 35.8 Å². The highest BCUT2D eigenvalue weighted by atomic mass is 79.9. The lowest BCUT2D eigenvalue weighted by Crippen LogP contribution is -2.58. The zero-order chi connectivity index (χ0) is 14.0. The van der Waals surface area contributed by atoms with E-state index in [0.29, 0.717) is 17.5 Å². The number of nitrogens with zero attached hydrogens (tertiary/aromatic N) is 1. The van der Waals surface area contributed by atoms with Crippen LogP contribution in [0.4, 0.5) is 0 Å². The number of ether oxygens (including phenoxy) is 1. The van der Waals surface area contributed by atoms with Crippen molar-refractivity contribution in [2.75, 3.05) is 6.61 Å². The van der Waals surface area contributed by atoms with E-state index in [9.17, 15) is 9.59 Å². The summed E-state index contributed by atoms with van der Waals surface area (Å²) in [6.07, 6.45) is 0.533. The summed E-state index contributed by atoms with van der Waals surface area (Å²) in [5.41, 5.74) is -1.63. The third kappa shape index (κ3) is 1.50. The molecule has 1 saturated heterocycles. The van der Waals surface area contributed by atoms with Gasteiger partial charge in [0.05, 0.1) is 16.1 Å². The van der Waals surface area contributed by atoms with Gasteiger partial charge in [0.2, 0.25) is 0 Å². The Balaban J connectivity index is 2.40. The Labute approximate surface area is 123 Å². The minimum Gasteiger partial charge on any atom is -0.371 e. The summed E-state index contributed by atoms with van der Waals surface area (Å²) in [4.78, 5) is 24.6. The summed E-state index contributed by atoms with van der Waals surface area (Å²) in [6.45, 7) is 4.19. The molecular formula is C12H12BrClN2O3. The molecule has 1 spiro atoms. The first-order valence-electron chi connectivity index (χ1n) is 5.88. The molecule has 1 N–H and O–H groups in total. The first kappa shape index (κ1) is 13.1. The molecule has 0 bridgehead atoms. The zero-order valence-electron chi connectivity index (χ0n) is 10.4. The van der Waals surface area contributed by atoms with Gasteiger partial charge in [-0.1, -0.05) is 11.6 Å². The van der Waals surface area contributed by atoms with E-state index in [1.54, 1.807) is 0 Å². The Morgan fingerprint density at radius 3 is 2.74 bits per heavy atom. The van der Waals surface area contributed by atoms with Crippen LogP contribution in [0, 0.1) is 0 Å². The molecule has 2 aliphatic rings. The van der Waals surface area contributed by atoms with Crippen molar-refractivity contribution in [3.05, 3.63) is 31.6 Å². The molecule has 1 fully saturated rings. The second-order valence-corrected chi connectivity index (χ2v) is 6.51. The standard InChI is InChI=1S/C12H12BrClN2O3/c1-11(2)12(3-4-19-11)15-9(17)8-7(14)5-6(13)10(18)16(8)12/h5H,3-4H2,1-2H3,(H,15,17). The first-order chi connectivity index (χ1) is 8.80. The van der Waals surface area contributed by atoms with Gasteiger partial charge >= 0.3 is 0 Å². The largest absolute Gasteiger partial charge is 0.371 e. The smallest absolute Gasteiger partial charge is 0.271 e. The Kier molecular flexibility index (Phi) is 2.65. The Bertz CT molecular complexity index is 655. The van der Waals surface area contributed by atoms with Crippen molar-refractivity contribution >= 4 is 33.4 Å². The molecule has 102 valence electrons. The lowest BCUT2D eigenvalue weighted by atomic mass is 9.91. The molecule has 1 amide bonds. The second-order valence-electron chi connectivity index (χ2n) is 5.25. The van der Waals surface area contributed by atoms with Crippen molar-refractivity contribution in [2.24, 2.45) is 0 Å². The number of fused-ring (bicyclic) bond motifs is 2. The van der Waals surface area contributed by atoms with Crippen LogP contribution in [-0.2, 0) is 10.4 Å². The van der Waals surface area contributed by atoms with Gasteiger partial charge in [0, 0.05) is 6.42 Å². The van der Waals surface area contributed by atoms with E-state index >= 15 is 0 Å². The van der Waals surface area contributed by atoms with Crippen LogP contribution in [-0.4, -0.2) is 22.7 Å². The molecule has 1 atom stereocenters. The minimum atomic E-state index is -0.871. The fourth-order valence-corrected chi connectivity index (χ4v) is 3.72. The maximum Gasteiger partial charge on any atom is 0.271 e. The van der Waals surface area contributed by atoms with Crippen LogP contribution in [0.5, 0.6) is 0 Å². The third-order valence-corrected chi connectivity index (χ3v) is 4.81. The average Bonchev–Trinajstić information content (AvgIpc) is 2.76. The third-order valence-electron chi connectivity index (χ3n) is 3.95. The van der Waals surface area contributed by atoms with Gasteiger partial charge in [-0.15, -0.1) is 0 Å². The van der Waals surface area contributed by atoms with E-state index in [1.807, 2.05) is 13.8 Å². The van der Waals surface area contributed by atoms with E-state index in [0.717, 1.165) is 0 Å². The van der Waals surface area contributed by atoms with Crippen molar-refractivity contribution in [3.8, 4) is 0 Å². The van der Waals surface area contributed by atoms with Crippen molar-refractivity contribution in [1.29, 1.82) is 0 Å². The van der Waals surface area contributed by atoms with Crippen molar-refractivity contribution in [1.82, 2.24) is 9.88 Å². The number of aromatic nitrogens is 1. The van der Waals surface area contributed by atoms with Crippen LogP contribution >= 0.6 is 27.5 Å². The van der Waals surface area contributed by atoms with Crippen LogP contribution in [0.2, 0.25) is 5.02 Å². The number of pyridine rings is 1. The maximum absolute atomic E-state index is 12.4. The van der Waals surface area contributed by atoms with Crippen molar-refractivity contribution in [2.45, 2.75) is 31.5 Å². The lowest BCUT2D eigenvalue weighted by Gasteiger charge is -2.37. The number of amides is 1. The summed E-state index contributed by atoms with van der Waals surface area (Å²) < 4.78 is 7.46. The second kappa shape index (κ2) is 3.84. The van der Waals surface area contributed by atoms with E-state index in [-0.39, 0.29) is 22.2 Å². The van der Waals surface area contributed by atoms with E-state index < -0.39 is 11.3 Å². The summed E-state index contributed by atoms with van der Waals surface area (Å²) in [5.74, 6) is -0.340. The molecule has 19 heavy (non-hydrogen) atoms. The number of carbonyl (C=O) groups excluding carboxylic acids is 1. The zero-order valence-corrected chi connectivity index (χ0v) is 12.8. The van der Waals surface area contributed by atoms with Gasteiger partial charge < -0.3 is 10.1 Å². The Morgan fingerprint density at radius 2 is 2.16 bits per heavy atom.